The molecule has 0 bridgehead atoms. The molecule has 1 rings (SSSR count). The van der Waals surface area contributed by atoms with Crippen LogP contribution >= 0.6 is 0 Å². The van der Waals surface area contributed by atoms with Crippen LogP contribution in [0.4, 0.5) is 0 Å². The van der Waals surface area contributed by atoms with E-state index in [1.54, 1.807) is 6.07 Å². The van der Waals surface area contributed by atoms with Crippen molar-refractivity contribution in [1.29, 1.82) is 5.26 Å². The van der Waals surface area contributed by atoms with Gasteiger partial charge < -0.3 is 5.11 Å². The van der Waals surface area contributed by atoms with Gasteiger partial charge in [-0.15, -0.1) is 0 Å². The van der Waals surface area contributed by atoms with Crippen LogP contribution < -0.4 is 11.2 Å². The zero-order valence-electron chi connectivity index (χ0n) is 9.86. The molecule has 1 heterocycles. The number of nitrogens with zero attached hydrogens (tertiary/aromatic N) is 2. The molecule has 0 saturated carbocycles. The summed E-state index contributed by atoms with van der Waals surface area (Å²) in [5, 5.41) is 17.6. The van der Waals surface area contributed by atoms with E-state index < -0.39 is 11.2 Å². The van der Waals surface area contributed by atoms with Gasteiger partial charge in [-0.1, -0.05) is 13.8 Å². The lowest BCUT2D eigenvalue weighted by atomic mass is 9.89. The maximum absolute atomic E-state index is 11.5. The number of nitriles is 1. The predicted octanol–water partition coefficient (Wildman–Crippen LogP) is -0.183. The fourth-order valence-electron chi connectivity index (χ4n) is 1.55. The molecular weight excluding hydrogens is 222 g/mol. The van der Waals surface area contributed by atoms with Crippen LogP contribution in [0.1, 0.15) is 25.8 Å². The minimum Gasteiger partial charge on any atom is -0.396 e. The quantitative estimate of drug-likeness (QED) is 0.758. The summed E-state index contributed by atoms with van der Waals surface area (Å²) in [6.07, 6.45) is 1.78. The van der Waals surface area contributed by atoms with Crippen molar-refractivity contribution in [3.8, 4) is 6.07 Å². The molecular formula is C11H15N3O3. The average Bonchev–Trinajstić information content (AvgIpc) is 2.21. The second kappa shape index (κ2) is 4.97. The third-order valence-corrected chi connectivity index (χ3v) is 2.52. The van der Waals surface area contributed by atoms with Crippen molar-refractivity contribution < 1.29 is 5.11 Å². The Hall–Kier alpha value is -1.87. The van der Waals surface area contributed by atoms with E-state index in [2.05, 4.69) is 4.98 Å². The fraction of sp³-hybridized carbons (Fsp3) is 0.545. The van der Waals surface area contributed by atoms with Gasteiger partial charge in [0.25, 0.3) is 5.56 Å². The molecule has 0 atom stereocenters. The summed E-state index contributed by atoms with van der Waals surface area (Å²) in [5.41, 5.74) is -1.60. The van der Waals surface area contributed by atoms with Gasteiger partial charge in [0.15, 0.2) is 0 Å². The summed E-state index contributed by atoms with van der Waals surface area (Å²) in [4.78, 5) is 24.8. The van der Waals surface area contributed by atoms with Crippen molar-refractivity contribution in [2.45, 2.75) is 26.8 Å². The average molecular weight is 237 g/mol. The van der Waals surface area contributed by atoms with Crippen molar-refractivity contribution >= 4 is 0 Å². The summed E-state index contributed by atoms with van der Waals surface area (Å²) in [6, 6.07) is 1.73. The Balaban J connectivity index is 3.13. The zero-order valence-corrected chi connectivity index (χ0v) is 9.86. The molecule has 2 N–H and O–H groups in total. The maximum Gasteiger partial charge on any atom is 0.328 e. The SMILES string of the molecule is CC(C)(CCO)Cn1cc(C#N)c(=O)[nH]c1=O. The molecule has 6 nitrogen and oxygen atoms in total. The molecule has 0 aliphatic carbocycles. The lowest BCUT2D eigenvalue weighted by molar-refractivity contribution is 0.190. The number of hydrogen-bond acceptors (Lipinski definition) is 4. The van der Waals surface area contributed by atoms with E-state index in [1.165, 1.54) is 10.8 Å². The number of rotatable bonds is 4. The highest BCUT2D eigenvalue weighted by Gasteiger charge is 2.19. The molecule has 0 unspecified atom stereocenters. The van der Waals surface area contributed by atoms with Gasteiger partial charge in [0.05, 0.1) is 0 Å². The number of aromatic amines is 1. The van der Waals surface area contributed by atoms with Crippen LogP contribution in [0.15, 0.2) is 15.8 Å². The standard InChI is InChI=1S/C11H15N3O3/c1-11(2,3-4-15)7-14-6-8(5-12)9(16)13-10(14)17/h6,15H,3-4,7H2,1-2H3,(H,13,16,17). The Bertz CT molecular complexity index is 548. The summed E-state index contributed by atoms with van der Waals surface area (Å²) in [5.74, 6) is 0. The van der Waals surface area contributed by atoms with Gasteiger partial charge in [0, 0.05) is 19.3 Å². The Morgan fingerprint density at radius 3 is 2.71 bits per heavy atom. The van der Waals surface area contributed by atoms with E-state index >= 15 is 0 Å². The zero-order chi connectivity index (χ0) is 13.1. The minimum atomic E-state index is -0.672. The molecule has 0 aliphatic heterocycles. The summed E-state index contributed by atoms with van der Waals surface area (Å²) >= 11 is 0. The third kappa shape index (κ3) is 3.29. The number of aliphatic hydroxyl groups excluding tert-OH is 1. The van der Waals surface area contributed by atoms with Crippen molar-refractivity contribution in [2.24, 2.45) is 5.41 Å². The van der Waals surface area contributed by atoms with Gasteiger partial charge in [0.1, 0.15) is 11.6 Å². The number of nitrogens with one attached hydrogen (secondary N) is 1. The summed E-state index contributed by atoms with van der Waals surface area (Å²) < 4.78 is 1.29. The number of aromatic nitrogens is 2. The van der Waals surface area contributed by atoms with E-state index in [0.717, 1.165) is 0 Å². The van der Waals surface area contributed by atoms with Crippen molar-refractivity contribution in [3.05, 3.63) is 32.6 Å². The fourth-order valence-corrected chi connectivity index (χ4v) is 1.55. The summed E-state index contributed by atoms with van der Waals surface area (Å²) in [6.45, 7) is 4.15. The first-order valence-electron chi connectivity index (χ1n) is 5.24. The second-order valence-corrected chi connectivity index (χ2v) is 4.68. The smallest absolute Gasteiger partial charge is 0.328 e. The molecule has 0 aliphatic rings. The van der Waals surface area contributed by atoms with Crippen LogP contribution in [0.5, 0.6) is 0 Å². The van der Waals surface area contributed by atoms with E-state index in [-0.39, 0.29) is 17.6 Å². The van der Waals surface area contributed by atoms with Crippen LogP contribution in [-0.2, 0) is 6.54 Å². The van der Waals surface area contributed by atoms with E-state index in [0.29, 0.717) is 13.0 Å². The molecule has 0 saturated heterocycles. The molecule has 0 radical (unpaired) electrons. The largest absolute Gasteiger partial charge is 0.396 e. The molecule has 0 spiro atoms. The Morgan fingerprint density at radius 2 is 2.18 bits per heavy atom. The molecule has 92 valence electrons. The Morgan fingerprint density at radius 1 is 1.53 bits per heavy atom. The van der Waals surface area contributed by atoms with Crippen LogP contribution in [0.3, 0.4) is 0 Å². The highest BCUT2D eigenvalue weighted by Crippen LogP contribution is 2.21. The molecule has 0 amide bonds. The first-order valence-corrected chi connectivity index (χ1v) is 5.24. The van der Waals surface area contributed by atoms with Gasteiger partial charge >= 0.3 is 5.69 Å². The maximum atomic E-state index is 11.5. The Labute approximate surface area is 98.1 Å². The van der Waals surface area contributed by atoms with Crippen molar-refractivity contribution in [2.75, 3.05) is 6.61 Å². The van der Waals surface area contributed by atoms with Gasteiger partial charge in [-0.3, -0.25) is 14.3 Å². The van der Waals surface area contributed by atoms with Crippen LogP contribution in [0.25, 0.3) is 0 Å². The predicted molar refractivity (Wildman–Crippen MR) is 61.5 cm³/mol. The van der Waals surface area contributed by atoms with Gasteiger partial charge in [0.2, 0.25) is 0 Å². The van der Waals surface area contributed by atoms with Gasteiger partial charge in [-0.25, -0.2) is 4.79 Å². The monoisotopic (exact) mass is 237 g/mol. The normalized spacial score (nSPS) is 11.2. The third-order valence-electron chi connectivity index (χ3n) is 2.52. The summed E-state index contributed by atoms with van der Waals surface area (Å²) in [7, 11) is 0. The molecule has 0 aromatic carbocycles. The van der Waals surface area contributed by atoms with Crippen molar-refractivity contribution in [3.63, 3.8) is 0 Å². The topological polar surface area (TPSA) is 98.9 Å². The molecule has 6 heteroatoms. The molecule has 1 aromatic rings. The number of H-pyrrole nitrogens is 1. The van der Waals surface area contributed by atoms with Crippen LogP contribution in [0, 0.1) is 16.7 Å². The molecule has 17 heavy (non-hydrogen) atoms. The van der Waals surface area contributed by atoms with E-state index in [9.17, 15) is 9.59 Å². The molecule has 0 fully saturated rings. The highest BCUT2D eigenvalue weighted by atomic mass is 16.3. The van der Waals surface area contributed by atoms with Gasteiger partial charge in [-0.2, -0.15) is 5.26 Å². The second-order valence-electron chi connectivity index (χ2n) is 4.68. The highest BCUT2D eigenvalue weighted by molar-refractivity contribution is 5.21. The first-order chi connectivity index (χ1) is 7.89. The number of hydrogen-bond donors (Lipinski definition) is 2. The first kappa shape index (κ1) is 13.2. The Kier molecular flexibility index (Phi) is 3.86. The lowest BCUT2D eigenvalue weighted by Gasteiger charge is -2.24. The van der Waals surface area contributed by atoms with Gasteiger partial charge in [-0.05, 0) is 11.8 Å². The van der Waals surface area contributed by atoms with Crippen molar-refractivity contribution in [1.82, 2.24) is 9.55 Å². The van der Waals surface area contributed by atoms with Crippen LogP contribution in [0.2, 0.25) is 0 Å². The molecule has 1 aromatic heterocycles. The minimum absolute atomic E-state index is 0.0240. The van der Waals surface area contributed by atoms with E-state index in [4.69, 9.17) is 10.4 Å². The van der Waals surface area contributed by atoms with Crippen LogP contribution in [-0.4, -0.2) is 21.3 Å². The number of aliphatic hydroxyl groups is 1. The van der Waals surface area contributed by atoms with E-state index in [1.807, 2.05) is 13.8 Å². The lowest BCUT2D eigenvalue weighted by Crippen LogP contribution is -2.35.